The number of benzene rings is 6. The van der Waals surface area contributed by atoms with Crippen molar-refractivity contribution in [2.75, 3.05) is 21.1 Å². The molecule has 0 saturated carbocycles. The summed E-state index contributed by atoms with van der Waals surface area (Å²) in [5, 5.41) is 0. The van der Waals surface area contributed by atoms with E-state index in [1.54, 1.807) is 0 Å². The molecule has 3 radical (unpaired) electrons. The Kier molecular flexibility index (Phi) is 20.1. The van der Waals surface area contributed by atoms with Gasteiger partial charge in [0, 0.05) is 29.6 Å². The normalized spacial score (nSPS) is 19.1. The van der Waals surface area contributed by atoms with Gasteiger partial charge in [0.15, 0.2) is 34.5 Å². The van der Waals surface area contributed by atoms with Crippen LogP contribution in [0.4, 0.5) is 52.7 Å². The van der Waals surface area contributed by atoms with Gasteiger partial charge in [0.05, 0.1) is 0 Å². The van der Waals surface area contributed by atoms with Crippen LogP contribution < -0.4 is 45.6 Å². The van der Waals surface area contributed by atoms with E-state index < -0.39 is 74.0 Å². The van der Waals surface area contributed by atoms with Crippen LogP contribution in [0.3, 0.4) is 0 Å². The number of alkyl halides is 12. The molecule has 3 heterocycles. The highest BCUT2D eigenvalue weighted by Crippen LogP contribution is 2.44. The minimum absolute atomic E-state index is 0. The fourth-order valence-electron chi connectivity index (χ4n) is 8.88. The smallest absolute Gasteiger partial charge is 0.387 e. The van der Waals surface area contributed by atoms with E-state index in [1.165, 1.54) is 167 Å². The van der Waals surface area contributed by atoms with Gasteiger partial charge in [-0.05, 0) is 106 Å². The number of ether oxygens (including phenoxy) is 6. The Bertz CT molecular complexity index is 3080. The van der Waals surface area contributed by atoms with Gasteiger partial charge in [-0.3, -0.25) is 29.1 Å². The van der Waals surface area contributed by atoms with Gasteiger partial charge in [0.2, 0.25) is 0 Å². The molecular formula is C54H45BF12N9O9. The first-order chi connectivity index (χ1) is 39.7. The van der Waals surface area contributed by atoms with Crippen LogP contribution in [-0.2, 0) is 31.0 Å². The predicted octanol–water partition coefficient (Wildman–Crippen LogP) is 8.38. The number of hydrogen-bond donors (Lipinski definition) is 3. The summed E-state index contributed by atoms with van der Waals surface area (Å²) in [7, 11) is 4.24. The Hall–Kier alpha value is -9.84. The monoisotopic (exact) mass is 1200 g/mol. The van der Waals surface area contributed by atoms with Crippen molar-refractivity contribution in [1.82, 2.24) is 14.7 Å². The number of aliphatic imine (C=N–C) groups is 3. The number of halogens is 12. The second-order valence-electron chi connectivity index (χ2n) is 17.6. The lowest BCUT2D eigenvalue weighted by Gasteiger charge is -2.26. The van der Waals surface area contributed by atoms with Crippen molar-refractivity contribution in [3.8, 4) is 34.5 Å². The average molecular weight is 1200 g/mol. The number of rotatable bonds is 18. The van der Waals surface area contributed by atoms with E-state index in [0.29, 0.717) is 16.7 Å². The molecule has 3 aliphatic heterocycles. The molecule has 3 amide bonds. The molecule has 9 rings (SSSR count). The summed E-state index contributed by atoms with van der Waals surface area (Å²) in [5.41, 5.74) is 14.0. The van der Waals surface area contributed by atoms with Crippen molar-refractivity contribution in [3.05, 3.63) is 179 Å². The van der Waals surface area contributed by atoms with Crippen molar-refractivity contribution in [2.24, 2.45) is 32.2 Å². The molecule has 1 unspecified atom stereocenters. The molecule has 0 bridgehead atoms. The maximum absolute atomic E-state index is 13.0. The summed E-state index contributed by atoms with van der Waals surface area (Å²) < 4.78 is 176. The number of nitrogens with two attached hydrogens (primary N) is 3. The lowest BCUT2D eigenvalue weighted by atomic mass is 9.82. The van der Waals surface area contributed by atoms with E-state index in [-0.39, 0.29) is 77.5 Å². The number of hydrogen-bond acceptors (Lipinski definition) is 15. The molecule has 447 valence electrons. The summed E-state index contributed by atoms with van der Waals surface area (Å²) in [6.07, 6.45) is 0. The maximum atomic E-state index is 13.0. The van der Waals surface area contributed by atoms with E-state index in [2.05, 4.69) is 43.4 Å². The number of carbonyl (C=O) groups excluding carboxylic acids is 3. The quantitative estimate of drug-likeness (QED) is 0.0544. The fourth-order valence-corrected chi connectivity index (χ4v) is 8.88. The minimum Gasteiger partial charge on any atom is -0.435 e. The molecule has 0 fully saturated rings. The third-order valence-corrected chi connectivity index (χ3v) is 12.6. The van der Waals surface area contributed by atoms with Crippen molar-refractivity contribution in [3.63, 3.8) is 0 Å². The maximum Gasteiger partial charge on any atom is 0.387 e. The van der Waals surface area contributed by atoms with Crippen LogP contribution in [0.1, 0.15) is 33.4 Å². The van der Waals surface area contributed by atoms with Gasteiger partial charge in [-0.1, -0.05) is 72.8 Å². The van der Waals surface area contributed by atoms with Gasteiger partial charge in [-0.2, -0.15) is 52.7 Å². The Morgan fingerprint density at radius 1 is 0.329 bits per heavy atom. The molecule has 18 nitrogen and oxygen atoms in total. The van der Waals surface area contributed by atoms with Gasteiger partial charge in [-0.25, -0.2) is 15.0 Å². The topological polar surface area (TPSA) is 231 Å². The highest BCUT2D eigenvalue weighted by atomic mass is 19.3. The van der Waals surface area contributed by atoms with Crippen LogP contribution in [0.2, 0.25) is 0 Å². The first-order valence-electron chi connectivity index (χ1n) is 23.9. The van der Waals surface area contributed by atoms with Crippen molar-refractivity contribution in [2.45, 2.75) is 56.3 Å². The van der Waals surface area contributed by atoms with E-state index in [0.717, 1.165) is 14.7 Å². The average Bonchev–Trinajstić information content (AvgIpc) is 1.90. The molecular weight excluding hydrogens is 1160 g/mol. The molecule has 6 aromatic rings. The molecule has 0 saturated heterocycles. The van der Waals surface area contributed by atoms with E-state index in [4.69, 9.17) is 17.2 Å². The SMILES string of the molecule is CN1C(=O)C(c2ccc(OC(F)F)cc2)(c2cccc(OC(F)F)c2)N=C1N.CN1C(=O)[C@@](c2ccc(OC(F)F)cc2)(c2cccc(OC(F)F)c2)N=C1N.CN1C(=O)[C@](c2ccc(OC(F)F)cc2)(c2cccc(OC(F)F)c2)N=C1N.[B]. The van der Waals surface area contributed by atoms with Crippen LogP contribution in [-0.4, -0.2) is 120 Å². The molecule has 85 heavy (non-hydrogen) atoms. The molecule has 0 spiro atoms. The van der Waals surface area contributed by atoms with Crippen LogP contribution in [0.15, 0.2) is 161 Å². The van der Waals surface area contributed by atoms with Gasteiger partial charge in [-0.15, -0.1) is 0 Å². The number of carbonyl (C=O) groups is 3. The van der Waals surface area contributed by atoms with Crippen LogP contribution in [0.5, 0.6) is 34.5 Å². The van der Waals surface area contributed by atoms with Gasteiger partial charge >= 0.3 is 39.7 Å². The fraction of sp³-hybridized carbons (Fsp3) is 0.222. The molecule has 31 heteroatoms. The third-order valence-electron chi connectivity index (χ3n) is 12.6. The first-order valence-corrected chi connectivity index (χ1v) is 23.9. The second kappa shape index (κ2) is 26.6. The summed E-state index contributed by atoms with van der Waals surface area (Å²) in [6.45, 7) is -18.2. The number of nitrogens with zero attached hydrogens (tertiary/aromatic N) is 6. The molecule has 6 N–H and O–H groups in total. The summed E-state index contributed by atoms with van der Waals surface area (Å²) in [5.74, 6) is -2.71. The zero-order valence-electron chi connectivity index (χ0n) is 44.0. The number of amides is 3. The zero-order valence-corrected chi connectivity index (χ0v) is 44.0. The van der Waals surface area contributed by atoms with E-state index >= 15 is 0 Å². The second-order valence-corrected chi connectivity index (χ2v) is 17.6. The van der Waals surface area contributed by atoms with E-state index in [9.17, 15) is 67.1 Å². The Labute approximate surface area is 476 Å². The summed E-state index contributed by atoms with van der Waals surface area (Å²) in [4.78, 5) is 55.2. The van der Waals surface area contributed by atoms with Crippen LogP contribution in [0, 0.1) is 0 Å². The molecule has 3 atom stereocenters. The van der Waals surface area contributed by atoms with Gasteiger partial charge in [0.1, 0.15) is 34.5 Å². The highest BCUT2D eigenvalue weighted by Gasteiger charge is 2.52. The summed E-state index contributed by atoms with van der Waals surface area (Å²) in [6, 6.07) is 32.3. The third kappa shape index (κ3) is 13.8. The van der Waals surface area contributed by atoms with Crippen LogP contribution in [0.25, 0.3) is 0 Å². The first kappa shape index (κ1) is 64.3. The van der Waals surface area contributed by atoms with Crippen molar-refractivity contribution >= 4 is 44.0 Å². The Balaban J connectivity index is 0.000000203. The van der Waals surface area contributed by atoms with E-state index in [1.807, 2.05) is 0 Å². The molecule has 3 aliphatic rings. The van der Waals surface area contributed by atoms with Crippen molar-refractivity contribution < 1.29 is 95.5 Å². The van der Waals surface area contributed by atoms with Crippen LogP contribution >= 0.6 is 0 Å². The Morgan fingerprint density at radius 2 is 0.529 bits per heavy atom. The molecule has 6 aromatic carbocycles. The predicted molar refractivity (Wildman–Crippen MR) is 280 cm³/mol. The lowest BCUT2D eigenvalue weighted by Crippen LogP contribution is -2.41. The Morgan fingerprint density at radius 3 is 0.706 bits per heavy atom. The summed E-state index contributed by atoms with van der Waals surface area (Å²) >= 11 is 0. The van der Waals surface area contributed by atoms with Gasteiger partial charge < -0.3 is 45.6 Å². The van der Waals surface area contributed by atoms with Crippen molar-refractivity contribution in [1.29, 1.82) is 0 Å². The lowest BCUT2D eigenvalue weighted by molar-refractivity contribution is -0.130. The standard InChI is InChI=1S/3C18H15F4N3O3.B/c3*1-25-14(26)18(24-17(25)23,10-5-7-12(8-6-10)27-15(19)20)11-3-2-4-13(9-11)28-16(21)22;/h3*2-9,15-16H,1H3,(H2,23,24);/t2*18-;;/m10../s1. The molecule has 0 aliphatic carbocycles. The van der Waals surface area contributed by atoms with Gasteiger partial charge in [0.25, 0.3) is 17.7 Å². The zero-order chi connectivity index (χ0) is 61.4. The number of likely N-dealkylation sites (N-methyl/N-ethyl adjacent to an activating group) is 3. The molecule has 0 aromatic heterocycles. The largest absolute Gasteiger partial charge is 0.435 e. The number of guanidine groups is 3. The highest BCUT2D eigenvalue weighted by molar-refractivity contribution is 6.10. The minimum atomic E-state index is -3.05.